The Morgan fingerprint density at radius 3 is 2.88 bits per heavy atom. The minimum absolute atomic E-state index is 0.00632. The fourth-order valence-corrected chi connectivity index (χ4v) is 3.27. The maximum atomic E-state index is 12.0. The molecule has 6 nitrogen and oxygen atoms in total. The zero-order valence-corrected chi connectivity index (χ0v) is 14.5. The summed E-state index contributed by atoms with van der Waals surface area (Å²) in [5.74, 6) is 0.956. The summed E-state index contributed by atoms with van der Waals surface area (Å²) in [5.41, 5.74) is 0.978. The number of pyridine rings is 1. The van der Waals surface area contributed by atoms with E-state index in [2.05, 4.69) is 20.5 Å². The third-order valence-electron chi connectivity index (χ3n) is 3.91. The van der Waals surface area contributed by atoms with E-state index in [-0.39, 0.29) is 12.1 Å². The molecule has 3 heterocycles. The Bertz CT molecular complexity index is 639. The third kappa shape index (κ3) is 4.46. The predicted octanol–water partition coefficient (Wildman–Crippen LogP) is 2.54. The Labute approximate surface area is 145 Å². The minimum Gasteiger partial charge on any atom is -0.378 e. The zero-order chi connectivity index (χ0) is 16.8. The van der Waals surface area contributed by atoms with Gasteiger partial charge in [-0.05, 0) is 30.0 Å². The number of hydrogen-bond acceptors (Lipinski definition) is 5. The van der Waals surface area contributed by atoms with Gasteiger partial charge in [-0.3, -0.25) is 0 Å². The summed E-state index contributed by atoms with van der Waals surface area (Å²) in [6.07, 6.45) is 1.81. The lowest BCUT2D eigenvalue weighted by molar-refractivity contribution is 0.122. The van der Waals surface area contributed by atoms with Gasteiger partial charge in [-0.25, -0.2) is 9.78 Å². The Balaban J connectivity index is 1.46. The third-order valence-corrected chi connectivity index (χ3v) is 4.97. The van der Waals surface area contributed by atoms with Crippen LogP contribution in [0, 0.1) is 0 Å². The molecule has 2 aromatic rings. The number of carbonyl (C=O) groups excluding carboxylic acids is 1. The Kier molecular flexibility index (Phi) is 5.66. The van der Waals surface area contributed by atoms with E-state index in [0.29, 0.717) is 6.54 Å². The van der Waals surface area contributed by atoms with Crippen molar-refractivity contribution in [1.82, 2.24) is 15.6 Å². The SMILES string of the molecule is C[C@H](NC(=O)NCc1ccc(N2CCOCC2)nc1)c1cccs1. The van der Waals surface area contributed by atoms with Gasteiger partial charge in [-0.1, -0.05) is 12.1 Å². The fraction of sp³-hybridized carbons (Fsp3) is 0.412. The second-order valence-electron chi connectivity index (χ2n) is 5.69. The molecule has 2 amide bonds. The van der Waals surface area contributed by atoms with Gasteiger partial charge in [0.25, 0.3) is 0 Å². The maximum Gasteiger partial charge on any atom is 0.315 e. The number of anilines is 1. The molecule has 24 heavy (non-hydrogen) atoms. The van der Waals surface area contributed by atoms with E-state index in [4.69, 9.17) is 4.74 Å². The lowest BCUT2D eigenvalue weighted by atomic mass is 10.2. The van der Waals surface area contributed by atoms with Crippen LogP contribution in [0.1, 0.15) is 23.4 Å². The van der Waals surface area contributed by atoms with E-state index < -0.39 is 0 Å². The quantitative estimate of drug-likeness (QED) is 0.873. The molecule has 1 atom stereocenters. The van der Waals surface area contributed by atoms with Gasteiger partial charge >= 0.3 is 6.03 Å². The molecule has 0 radical (unpaired) electrons. The largest absolute Gasteiger partial charge is 0.378 e. The van der Waals surface area contributed by atoms with Gasteiger partial charge in [0, 0.05) is 30.7 Å². The van der Waals surface area contributed by atoms with Crippen LogP contribution >= 0.6 is 11.3 Å². The van der Waals surface area contributed by atoms with Gasteiger partial charge in [0.15, 0.2) is 0 Å². The number of rotatable bonds is 5. The molecule has 7 heteroatoms. The van der Waals surface area contributed by atoms with Gasteiger partial charge in [0.1, 0.15) is 5.82 Å². The predicted molar refractivity (Wildman–Crippen MR) is 95.4 cm³/mol. The van der Waals surface area contributed by atoms with Crippen LogP contribution in [-0.2, 0) is 11.3 Å². The summed E-state index contributed by atoms with van der Waals surface area (Å²) in [6.45, 7) is 5.66. The van der Waals surface area contributed by atoms with Gasteiger partial charge < -0.3 is 20.3 Å². The van der Waals surface area contributed by atoms with E-state index >= 15 is 0 Å². The number of ether oxygens (including phenoxy) is 1. The van der Waals surface area contributed by atoms with Crippen LogP contribution in [0.25, 0.3) is 0 Å². The second kappa shape index (κ2) is 8.12. The van der Waals surface area contributed by atoms with Crippen molar-refractivity contribution in [2.45, 2.75) is 19.5 Å². The molecule has 1 aliphatic heterocycles. The van der Waals surface area contributed by atoms with E-state index in [0.717, 1.165) is 42.6 Å². The molecule has 2 N–H and O–H groups in total. The lowest BCUT2D eigenvalue weighted by Gasteiger charge is -2.27. The van der Waals surface area contributed by atoms with Crippen molar-refractivity contribution in [1.29, 1.82) is 0 Å². The molecule has 1 fully saturated rings. The van der Waals surface area contributed by atoms with Crippen LogP contribution in [0.5, 0.6) is 0 Å². The van der Waals surface area contributed by atoms with E-state index in [1.165, 1.54) is 0 Å². The molecule has 0 aliphatic carbocycles. The van der Waals surface area contributed by atoms with Crippen LogP contribution < -0.4 is 15.5 Å². The second-order valence-corrected chi connectivity index (χ2v) is 6.67. The first kappa shape index (κ1) is 16.7. The number of morpholine rings is 1. The number of aromatic nitrogens is 1. The van der Waals surface area contributed by atoms with Crippen LogP contribution in [0.15, 0.2) is 35.8 Å². The normalized spacial score (nSPS) is 15.8. The minimum atomic E-state index is -0.173. The fourth-order valence-electron chi connectivity index (χ4n) is 2.54. The molecule has 1 saturated heterocycles. The molecule has 3 rings (SSSR count). The molecule has 0 aromatic carbocycles. The summed E-state index contributed by atoms with van der Waals surface area (Å²) in [5, 5.41) is 7.81. The van der Waals surface area contributed by atoms with Crippen molar-refractivity contribution in [2.24, 2.45) is 0 Å². The summed E-state index contributed by atoms with van der Waals surface area (Å²) in [6, 6.07) is 7.83. The number of carbonyl (C=O) groups is 1. The molecular formula is C17H22N4O2S. The molecule has 2 aromatic heterocycles. The van der Waals surface area contributed by atoms with Crippen molar-refractivity contribution in [3.63, 3.8) is 0 Å². The standard InChI is InChI=1S/C17H22N4O2S/c1-13(15-3-2-10-24-15)20-17(22)19-12-14-4-5-16(18-11-14)21-6-8-23-9-7-21/h2-5,10-11,13H,6-9,12H2,1H3,(H2,19,20,22)/t13-/m0/s1. The topological polar surface area (TPSA) is 66.5 Å². The number of thiophene rings is 1. The number of nitrogens with one attached hydrogen (secondary N) is 2. The lowest BCUT2D eigenvalue weighted by Crippen LogP contribution is -2.37. The number of hydrogen-bond donors (Lipinski definition) is 2. The molecule has 0 spiro atoms. The van der Waals surface area contributed by atoms with Crippen molar-refractivity contribution in [3.8, 4) is 0 Å². The Morgan fingerprint density at radius 1 is 1.38 bits per heavy atom. The van der Waals surface area contributed by atoms with Crippen molar-refractivity contribution in [2.75, 3.05) is 31.2 Å². The first-order valence-electron chi connectivity index (χ1n) is 8.08. The van der Waals surface area contributed by atoms with E-state index in [1.54, 1.807) is 11.3 Å². The first-order chi connectivity index (χ1) is 11.7. The van der Waals surface area contributed by atoms with Crippen LogP contribution in [0.4, 0.5) is 10.6 Å². The zero-order valence-electron chi connectivity index (χ0n) is 13.7. The smallest absolute Gasteiger partial charge is 0.315 e. The van der Waals surface area contributed by atoms with Crippen LogP contribution in [-0.4, -0.2) is 37.3 Å². The van der Waals surface area contributed by atoms with E-state index in [9.17, 15) is 4.79 Å². The van der Waals surface area contributed by atoms with Gasteiger partial charge in [0.2, 0.25) is 0 Å². The van der Waals surface area contributed by atoms with Crippen LogP contribution in [0.2, 0.25) is 0 Å². The highest BCUT2D eigenvalue weighted by atomic mass is 32.1. The average Bonchev–Trinajstić information content (AvgIpc) is 3.16. The summed E-state index contributed by atoms with van der Waals surface area (Å²) in [7, 11) is 0. The number of amides is 2. The molecular weight excluding hydrogens is 324 g/mol. The summed E-state index contributed by atoms with van der Waals surface area (Å²) < 4.78 is 5.35. The van der Waals surface area contributed by atoms with Crippen molar-refractivity contribution in [3.05, 3.63) is 46.3 Å². The highest BCUT2D eigenvalue weighted by Gasteiger charge is 2.12. The Hall–Kier alpha value is -2.12. The molecule has 1 aliphatic rings. The maximum absolute atomic E-state index is 12.0. The van der Waals surface area contributed by atoms with Gasteiger partial charge in [-0.2, -0.15) is 0 Å². The Morgan fingerprint density at radius 2 is 2.21 bits per heavy atom. The van der Waals surface area contributed by atoms with E-state index in [1.807, 2.05) is 42.8 Å². The monoisotopic (exact) mass is 346 g/mol. The molecule has 128 valence electrons. The van der Waals surface area contributed by atoms with Crippen LogP contribution in [0.3, 0.4) is 0 Å². The van der Waals surface area contributed by atoms with Crippen molar-refractivity contribution < 1.29 is 9.53 Å². The number of urea groups is 1. The first-order valence-corrected chi connectivity index (χ1v) is 8.96. The molecule has 0 unspecified atom stereocenters. The molecule has 0 bridgehead atoms. The summed E-state index contributed by atoms with van der Waals surface area (Å²) in [4.78, 5) is 19.8. The summed E-state index contributed by atoms with van der Waals surface area (Å²) >= 11 is 1.64. The highest BCUT2D eigenvalue weighted by molar-refractivity contribution is 7.10. The average molecular weight is 346 g/mol. The van der Waals surface area contributed by atoms with Gasteiger partial charge in [0.05, 0.1) is 19.3 Å². The van der Waals surface area contributed by atoms with Gasteiger partial charge in [-0.15, -0.1) is 11.3 Å². The van der Waals surface area contributed by atoms with Crippen molar-refractivity contribution >= 4 is 23.2 Å². The highest BCUT2D eigenvalue weighted by Crippen LogP contribution is 2.18. The number of nitrogens with zero attached hydrogens (tertiary/aromatic N) is 2. The molecule has 0 saturated carbocycles.